The molecule has 68 valence electrons. The molecule has 0 N–H and O–H groups in total. The standard InChI is InChI=1S/C6H6Cl3NOS/c1-4(11)5(12-3-10)2-6(7,8)9/h5H,2H2,1H3. The molecule has 1 unspecified atom stereocenters. The molecule has 0 heterocycles. The second-order valence-electron chi connectivity index (χ2n) is 2.13. The number of alkyl halides is 3. The third-order valence-electron chi connectivity index (χ3n) is 1.07. The number of thioether (sulfide) groups is 1. The van der Waals surface area contributed by atoms with Crippen LogP contribution in [0.3, 0.4) is 0 Å². The third-order valence-corrected chi connectivity index (χ3v) is 2.42. The molecule has 1 atom stereocenters. The van der Waals surface area contributed by atoms with E-state index >= 15 is 0 Å². The smallest absolute Gasteiger partial charge is 0.192 e. The summed E-state index contributed by atoms with van der Waals surface area (Å²) in [4.78, 5) is 10.9. The number of carbonyl (C=O) groups excluding carboxylic acids is 1. The summed E-state index contributed by atoms with van der Waals surface area (Å²) in [5.41, 5.74) is 0. The van der Waals surface area contributed by atoms with Gasteiger partial charge in [0, 0.05) is 6.42 Å². The Morgan fingerprint density at radius 3 is 2.42 bits per heavy atom. The molecule has 0 saturated carbocycles. The highest BCUT2D eigenvalue weighted by Crippen LogP contribution is 2.34. The number of thiocyanates is 1. The summed E-state index contributed by atoms with van der Waals surface area (Å²) in [5.74, 6) is -0.159. The Bertz CT molecular complexity index is 208. The van der Waals surface area contributed by atoms with E-state index in [9.17, 15) is 4.79 Å². The van der Waals surface area contributed by atoms with Gasteiger partial charge in [-0.2, -0.15) is 5.26 Å². The monoisotopic (exact) mass is 245 g/mol. The highest BCUT2D eigenvalue weighted by molar-refractivity contribution is 8.05. The van der Waals surface area contributed by atoms with E-state index in [1.54, 1.807) is 5.40 Å². The molecule has 0 aliphatic heterocycles. The van der Waals surface area contributed by atoms with Gasteiger partial charge in [0.2, 0.25) is 0 Å². The van der Waals surface area contributed by atoms with Crippen LogP contribution in [-0.2, 0) is 4.79 Å². The lowest BCUT2D eigenvalue weighted by atomic mass is 10.2. The van der Waals surface area contributed by atoms with Crippen molar-refractivity contribution in [3.8, 4) is 5.40 Å². The number of nitriles is 1. The first-order valence-electron chi connectivity index (χ1n) is 2.98. The molecular formula is C6H6Cl3NOS. The van der Waals surface area contributed by atoms with Crippen LogP contribution < -0.4 is 0 Å². The van der Waals surface area contributed by atoms with E-state index in [0.717, 1.165) is 11.8 Å². The van der Waals surface area contributed by atoms with Crippen LogP contribution in [0.15, 0.2) is 0 Å². The summed E-state index contributed by atoms with van der Waals surface area (Å²) in [5, 5.41) is 9.55. The fourth-order valence-corrected chi connectivity index (χ4v) is 1.91. The Morgan fingerprint density at radius 2 is 2.17 bits per heavy atom. The van der Waals surface area contributed by atoms with Gasteiger partial charge >= 0.3 is 0 Å². The first-order valence-corrected chi connectivity index (χ1v) is 5.00. The van der Waals surface area contributed by atoms with Gasteiger partial charge in [-0.15, -0.1) is 0 Å². The van der Waals surface area contributed by atoms with Crippen LogP contribution >= 0.6 is 46.6 Å². The molecular weight excluding hydrogens is 240 g/mol. The zero-order valence-electron chi connectivity index (χ0n) is 6.18. The maximum absolute atomic E-state index is 10.9. The molecule has 2 nitrogen and oxygen atoms in total. The Morgan fingerprint density at radius 1 is 1.67 bits per heavy atom. The van der Waals surface area contributed by atoms with Crippen LogP contribution in [-0.4, -0.2) is 14.8 Å². The van der Waals surface area contributed by atoms with Gasteiger partial charge in [-0.25, -0.2) is 0 Å². The lowest BCUT2D eigenvalue weighted by molar-refractivity contribution is -0.116. The predicted octanol–water partition coefficient (Wildman–Crippen LogP) is 2.92. The van der Waals surface area contributed by atoms with E-state index in [1.807, 2.05) is 0 Å². The third kappa shape index (κ3) is 5.96. The highest BCUT2D eigenvalue weighted by atomic mass is 35.6. The van der Waals surface area contributed by atoms with Crippen LogP contribution in [0.2, 0.25) is 0 Å². The van der Waals surface area contributed by atoms with Crippen molar-refractivity contribution in [3.63, 3.8) is 0 Å². The maximum Gasteiger partial charge on any atom is 0.192 e. The van der Waals surface area contributed by atoms with Crippen LogP contribution in [0.1, 0.15) is 13.3 Å². The van der Waals surface area contributed by atoms with Gasteiger partial charge in [0.1, 0.15) is 11.2 Å². The van der Waals surface area contributed by atoms with Gasteiger partial charge in [0.15, 0.2) is 3.79 Å². The molecule has 0 aromatic rings. The molecule has 0 radical (unpaired) electrons. The Labute approximate surface area is 90.2 Å². The molecule has 12 heavy (non-hydrogen) atoms. The fraction of sp³-hybridized carbons (Fsp3) is 0.667. The Kier molecular flexibility index (Phi) is 5.35. The molecule has 0 aromatic heterocycles. The van der Waals surface area contributed by atoms with Crippen molar-refractivity contribution in [2.75, 3.05) is 0 Å². The maximum atomic E-state index is 10.9. The minimum atomic E-state index is -1.47. The van der Waals surface area contributed by atoms with Crippen LogP contribution in [0.5, 0.6) is 0 Å². The number of Topliss-reactive ketones (excluding diaryl/α,β-unsaturated/α-hetero) is 1. The van der Waals surface area contributed by atoms with Crippen molar-refractivity contribution < 1.29 is 4.79 Å². The number of hydrogen-bond acceptors (Lipinski definition) is 3. The summed E-state index contributed by atoms with van der Waals surface area (Å²) >= 11 is 17.2. The van der Waals surface area contributed by atoms with E-state index in [2.05, 4.69) is 0 Å². The molecule has 0 aliphatic rings. The highest BCUT2D eigenvalue weighted by Gasteiger charge is 2.28. The number of rotatable bonds is 3. The van der Waals surface area contributed by atoms with Crippen molar-refractivity contribution in [1.29, 1.82) is 5.26 Å². The summed E-state index contributed by atoms with van der Waals surface area (Å²) in [7, 11) is 0. The van der Waals surface area contributed by atoms with Gasteiger partial charge in [-0.1, -0.05) is 34.8 Å². The summed E-state index contributed by atoms with van der Waals surface area (Å²) in [6.45, 7) is 1.37. The predicted molar refractivity (Wildman–Crippen MR) is 52.6 cm³/mol. The molecule has 0 amide bonds. The van der Waals surface area contributed by atoms with Crippen molar-refractivity contribution in [2.24, 2.45) is 0 Å². The van der Waals surface area contributed by atoms with Crippen LogP contribution in [0, 0.1) is 10.7 Å². The lowest BCUT2D eigenvalue weighted by Crippen LogP contribution is -2.20. The van der Waals surface area contributed by atoms with Crippen LogP contribution in [0.25, 0.3) is 0 Å². The second kappa shape index (κ2) is 5.18. The molecule has 0 spiro atoms. The molecule has 0 aliphatic carbocycles. The quantitative estimate of drug-likeness (QED) is 0.568. The van der Waals surface area contributed by atoms with Gasteiger partial charge in [0.25, 0.3) is 0 Å². The molecule has 0 fully saturated rings. The molecule has 0 aromatic carbocycles. The zero-order chi connectivity index (χ0) is 9.78. The lowest BCUT2D eigenvalue weighted by Gasteiger charge is -2.14. The van der Waals surface area contributed by atoms with E-state index < -0.39 is 9.04 Å². The number of hydrogen-bond donors (Lipinski definition) is 0. The largest absolute Gasteiger partial charge is 0.299 e. The number of halogens is 3. The average Bonchev–Trinajstić information content (AvgIpc) is 1.83. The van der Waals surface area contributed by atoms with Gasteiger partial charge in [-0.05, 0) is 18.7 Å². The van der Waals surface area contributed by atoms with Crippen molar-refractivity contribution >= 4 is 52.3 Å². The summed E-state index contributed by atoms with van der Waals surface area (Å²) in [6, 6.07) is 0. The van der Waals surface area contributed by atoms with E-state index in [1.165, 1.54) is 6.92 Å². The minimum absolute atomic E-state index is 0.0607. The average molecular weight is 247 g/mol. The molecule has 6 heteroatoms. The number of carbonyl (C=O) groups is 1. The second-order valence-corrected chi connectivity index (χ2v) is 5.63. The Balaban J connectivity index is 4.16. The van der Waals surface area contributed by atoms with Crippen molar-refractivity contribution in [3.05, 3.63) is 0 Å². The van der Waals surface area contributed by atoms with Crippen LogP contribution in [0.4, 0.5) is 0 Å². The summed E-state index contributed by atoms with van der Waals surface area (Å²) in [6.07, 6.45) is 0.0607. The van der Waals surface area contributed by atoms with Gasteiger partial charge < -0.3 is 0 Å². The fourth-order valence-electron chi connectivity index (χ4n) is 0.542. The van der Waals surface area contributed by atoms with E-state index in [4.69, 9.17) is 40.1 Å². The van der Waals surface area contributed by atoms with E-state index in [-0.39, 0.29) is 12.2 Å². The zero-order valence-corrected chi connectivity index (χ0v) is 9.27. The SMILES string of the molecule is CC(=O)C(CC(Cl)(Cl)Cl)SC#N. The number of nitrogens with zero attached hydrogens (tertiary/aromatic N) is 1. The first-order chi connectivity index (χ1) is 5.37. The van der Waals surface area contributed by atoms with Crippen molar-refractivity contribution in [2.45, 2.75) is 22.4 Å². The topological polar surface area (TPSA) is 40.9 Å². The van der Waals surface area contributed by atoms with Gasteiger partial charge in [-0.3, -0.25) is 4.79 Å². The van der Waals surface area contributed by atoms with Crippen molar-refractivity contribution in [1.82, 2.24) is 0 Å². The van der Waals surface area contributed by atoms with E-state index in [0.29, 0.717) is 0 Å². The van der Waals surface area contributed by atoms with Gasteiger partial charge in [0.05, 0.1) is 5.25 Å². The molecule has 0 bridgehead atoms. The molecule has 0 rings (SSSR count). The number of ketones is 1. The molecule has 0 saturated heterocycles. The minimum Gasteiger partial charge on any atom is -0.299 e. The normalized spacial score (nSPS) is 13.6. The summed E-state index contributed by atoms with van der Waals surface area (Å²) < 4.78 is -1.47. The first kappa shape index (κ1) is 12.4. The Hall–Kier alpha value is 0.380.